The number of esters is 2. The van der Waals surface area contributed by atoms with Crippen LogP contribution in [-0.4, -0.2) is 75.3 Å². The van der Waals surface area contributed by atoms with Crippen molar-refractivity contribution < 1.29 is 42.8 Å². The van der Waals surface area contributed by atoms with E-state index in [2.05, 4.69) is 10.3 Å². The van der Waals surface area contributed by atoms with Gasteiger partial charge < -0.3 is 33.7 Å². The Balaban J connectivity index is 1.66. The van der Waals surface area contributed by atoms with Gasteiger partial charge >= 0.3 is 11.9 Å². The summed E-state index contributed by atoms with van der Waals surface area (Å²) in [6.45, 7) is 3.88. The van der Waals surface area contributed by atoms with Crippen molar-refractivity contribution in [3.8, 4) is 11.5 Å². The Morgan fingerprint density at radius 3 is 2.71 bits per heavy atom. The van der Waals surface area contributed by atoms with E-state index in [4.69, 9.17) is 28.4 Å². The minimum Gasteiger partial charge on any atom is -0.493 e. The molecule has 11 nitrogen and oxygen atoms in total. The fraction of sp³-hybridized carbons (Fsp3) is 0.481. The van der Waals surface area contributed by atoms with E-state index in [0.717, 1.165) is 5.56 Å². The number of ether oxygens (including phenoxy) is 6. The molecule has 1 fully saturated rings. The van der Waals surface area contributed by atoms with Gasteiger partial charge in [0.1, 0.15) is 18.8 Å². The minimum absolute atomic E-state index is 0.0405. The molecule has 1 aromatic carbocycles. The number of carbonyl (C=O) groups is 3. The minimum atomic E-state index is -0.967. The summed E-state index contributed by atoms with van der Waals surface area (Å²) in [6, 6.07) is 10.4. The number of hydrogen-bond acceptors (Lipinski definition) is 10. The van der Waals surface area contributed by atoms with Crippen LogP contribution in [0.5, 0.6) is 11.5 Å². The van der Waals surface area contributed by atoms with Gasteiger partial charge in [-0.15, -0.1) is 0 Å². The number of amides is 1. The molecule has 0 aliphatic carbocycles. The van der Waals surface area contributed by atoms with Crippen LogP contribution in [-0.2, 0) is 35.0 Å². The Bertz CT molecular complexity index is 1060. The van der Waals surface area contributed by atoms with Crippen molar-refractivity contribution in [2.45, 2.75) is 38.8 Å². The average Bonchev–Trinajstić information content (AvgIpc) is 2.98. The Kier molecular flexibility index (Phi) is 11.3. The Morgan fingerprint density at radius 1 is 1.18 bits per heavy atom. The first-order chi connectivity index (χ1) is 18.4. The highest BCUT2D eigenvalue weighted by atomic mass is 16.7. The second-order valence-corrected chi connectivity index (χ2v) is 8.59. The third-order valence-corrected chi connectivity index (χ3v) is 5.93. The highest BCUT2D eigenvalue weighted by molar-refractivity contribution is 5.98. The number of aromatic nitrogens is 1. The van der Waals surface area contributed by atoms with Gasteiger partial charge in [0.05, 0.1) is 13.7 Å². The van der Waals surface area contributed by atoms with Crippen molar-refractivity contribution in [3.05, 3.63) is 53.9 Å². The number of pyridine rings is 1. The molecule has 1 N–H and O–H groups in total. The number of nitrogens with zero attached hydrogens (tertiary/aromatic N) is 1. The van der Waals surface area contributed by atoms with Gasteiger partial charge in [0.25, 0.3) is 5.91 Å². The van der Waals surface area contributed by atoms with Gasteiger partial charge in [0.2, 0.25) is 6.79 Å². The fourth-order valence-electron chi connectivity index (χ4n) is 3.82. The van der Waals surface area contributed by atoms with E-state index in [9.17, 15) is 14.4 Å². The van der Waals surface area contributed by atoms with Crippen LogP contribution in [0.15, 0.2) is 42.6 Å². The van der Waals surface area contributed by atoms with Crippen molar-refractivity contribution in [3.63, 3.8) is 0 Å². The molecule has 1 amide bonds. The molecule has 0 bridgehead atoms. The Labute approximate surface area is 221 Å². The molecule has 0 spiro atoms. The molecule has 0 radical (unpaired) electrons. The third-order valence-electron chi connectivity index (χ3n) is 5.93. The van der Waals surface area contributed by atoms with Gasteiger partial charge in [-0.05, 0) is 25.8 Å². The first-order valence-corrected chi connectivity index (χ1v) is 12.4. The summed E-state index contributed by atoms with van der Waals surface area (Å²) in [6.07, 6.45) is 1.84. The number of methoxy groups -OCH3 is 1. The van der Waals surface area contributed by atoms with Crippen LogP contribution >= 0.6 is 0 Å². The van der Waals surface area contributed by atoms with Crippen LogP contribution in [0.25, 0.3) is 0 Å². The van der Waals surface area contributed by atoms with Crippen molar-refractivity contribution in [2.24, 2.45) is 5.92 Å². The largest absolute Gasteiger partial charge is 0.493 e. The molecule has 0 saturated carbocycles. The monoisotopic (exact) mass is 530 g/mol. The molecule has 1 aliphatic heterocycles. The maximum absolute atomic E-state index is 13.2. The molecule has 1 aliphatic rings. The van der Waals surface area contributed by atoms with Crippen LogP contribution in [0.1, 0.15) is 36.3 Å². The maximum Gasteiger partial charge on any atom is 0.334 e. The Morgan fingerprint density at radius 2 is 1.97 bits per heavy atom. The van der Waals surface area contributed by atoms with E-state index >= 15 is 0 Å². The van der Waals surface area contributed by atoms with Gasteiger partial charge in [-0.1, -0.05) is 30.3 Å². The number of benzene rings is 1. The lowest BCUT2D eigenvalue weighted by Gasteiger charge is -2.24. The van der Waals surface area contributed by atoms with Gasteiger partial charge in [0.15, 0.2) is 17.2 Å². The lowest BCUT2D eigenvalue weighted by Crippen LogP contribution is -2.44. The van der Waals surface area contributed by atoms with E-state index in [-0.39, 0.29) is 42.7 Å². The second-order valence-electron chi connectivity index (χ2n) is 8.59. The zero-order valence-corrected chi connectivity index (χ0v) is 21.8. The summed E-state index contributed by atoms with van der Waals surface area (Å²) >= 11 is 0. The summed E-state index contributed by atoms with van der Waals surface area (Å²) in [5, 5.41) is 2.67. The van der Waals surface area contributed by atoms with Gasteiger partial charge in [-0.3, -0.25) is 4.79 Å². The predicted octanol–water partition coefficient (Wildman–Crippen LogP) is 2.32. The molecule has 11 heteroatoms. The summed E-state index contributed by atoms with van der Waals surface area (Å²) in [5.74, 6) is -1.77. The van der Waals surface area contributed by atoms with Crippen LogP contribution in [0.4, 0.5) is 0 Å². The Hall–Kier alpha value is -3.70. The number of nitrogens with one attached hydrogen (secondary N) is 1. The normalized spacial score (nSPS) is 19.8. The van der Waals surface area contributed by atoms with E-state index in [0.29, 0.717) is 19.6 Å². The topological polar surface area (TPSA) is 132 Å². The number of rotatable bonds is 11. The first-order valence-electron chi connectivity index (χ1n) is 12.4. The molecule has 206 valence electrons. The van der Waals surface area contributed by atoms with Crippen LogP contribution in [0.2, 0.25) is 0 Å². The van der Waals surface area contributed by atoms with E-state index in [1.54, 1.807) is 6.92 Å². The molecule has 2 heterocycles. The molecular formula is C27H34N2O9. The molecule has 3 atom stereocenters. The molecule has 38 heavy (non-hydrogen) atoms. The molecule has 3 rings (SSSR count). The van der Waals surface area contributed by atoms with E-state index in [1.807, 2.05) is 37.3 Å². The predicted molar refractivity (Wildman–Crippen MR) is 135 cm³/mol. The van der Waals surface area contributed by atoms with Crippen LogP contribution in [0, 0.1) is 5.92 Å². The lowest BCUT2D eigenvalue weighted by molar-refractivity contribution is -0.155. The van der Waals surface area contributed by atoms with Crippen molar-refractivity contribution in [1.82, 2.24) is 10.3 Å². The van der Waals surface area contributed by atoms with Crippen molar-refractivity contribution in [1.29, 1.82) is 0 Å². The fourth-order valence-corrected chi connectivity index (χ4v) is 3.82. The third kappa shape index (κ3) is 8.42. The van der Waals surface area contributed by atoms with Crippen molar-refractivity contribution >= 4 is 17.8 Å². The average molecular weight is 531 g/mol. The SMILES string of the molecule is CCOCC(=O)OCOc1c(OC)ccnc1C(=O)N[C@H]1CCOC[C@@H](Cc2ccccc2)[C@H](C)OC1=O. The summed E-state index contributed by atoms with van der Waals surface area (Å²) < 4.78 is 32.3. The highest BCUT2D eigenvalue weighted by Crippen LogP contribution is 2.30. The second kappa shape index (κ2) is 14.9. The van der Waals surface area contributed by atoms with Gasteiger partial charge in [-0.25, -0.2) is 14.6 Å². The van der Waals surface area contributed by atoms with Crippen molar-refractivity contribution in [2.75, 3.05) is 40.3 Å². The van der Waals surface area contributed by atoms with E-state index < -0.39 is 36.8 Å². The summed E-state index contributed by atoms with van der Waals surface area (Å²) in [7, 11) is 1.39. The zero-order chi connectivity index (χ0) is 27.3. The standard InChI is InChI=1S/C27H34N2O9/c1-4-34-16-23(30)36-17-37-25-22(33-3)10-12-28-24(25)26(31)29-21-11-13-35-15-20(18(2)38-27(21)32)14-19-8-6-5-7-9-19/h5-10,12,18,20-21H,4,11,13-17H2,1-3H3,(H,29,31)/t18-,20+,21-/m0/s1. The smallest absolute Gasteiger partial charge is 0.334 e. The lowest BCUT2D eigenvalue weighted by atomic mass is 9.95. The zero-order valence-electron chi connectivity index (χ0n) is 21.8. The first kappa shape index (κ1) is 28.9. The molecule has 1 saturated heterocycles. The summed E-state index contributed by atoms with van der Waals surface area (Å²) in [5.41, 5.74) is 0.974. The molecule has 1 aromatic heterocycles. The molecular weight excluding hydrogens is 496 g/mol. The quantitative estimate of drug-likeness (QED) is 0.341. The number of carbonyl (C=O) groups excluding carboxylic acids is 3. The van der Waals surface area contributed by atoms with Gasteiger partial charge in [0, 0.05) is 37.8 Å². The van der Waals surface area contributed by atoms with Crippen LogP contribution < -0.4 is 14.8 Å². The number of hydrogen-bond donors (Lipinski definition) is 1. The van der Waals surface area contributed by atoms with Gasteiger partial charge in [-0.2, -0.15) is 0 Å². The molecule has 2 aromatic rings. The highest BCUT2D eigenvalue weighted by Gasteiger charge is 2.31. The van der Waals surface area contributed by atoms with E-state index in [1.165, 1.54) is 19.4 Å². The number of cyclic esters (lactones) is 1. The van der Waals surface area contributed by atoms with Crippen LogP contribution in [0.3, 0.4) is 0 Å². The molecule has 0 unspecified atom stereocenters. The summed E-state index contributed by atoms with van der Waals surface area (Å²) in [4.78, 5) is 42.0. The maximum atomic E-state index is 13.2.